The van der Waals surface area contributed by atoms with Crippen molar-refractivity contribution in [3.63, 3.8) is 0 Å². The molecule has 2 saturated heterocycles. The molecule has 5 rings (SSSR count). The highest BCUT2D eigenvalue weighted by Crippen LogP contribution is 2.34. The Bertz CT molecular complexity index is 1300. The van der Waals surface area contributed by atoms with Crippen LogP contribution < -0.4 is 16.0 Å². The molecular weight excluding hydrogens is 550 g/mol. The lowest BCUT2D eigenvalue weighted by Crippen LogP contribution is -2.57. The van der Waals surface area contributed by atoms with Crippen molar-refractivity contribution in [2.45, 2.75) is 89.6 Å². The normalized spacial score (nSPS) is 21.8. The van der Waals surface area contributed by atoms with Crippen molar-refractivity contribution < 1.29 is 28.4 Å². The summed E-state index contributed by atoms with van der Waals surface area (Å²) >= 11 is 0. The molecule has 232 valence electrons. The number of hydrogen-bond acceptors (Lipinski definition) is 8. The van der Waals surface area contributed by atoms with Gasteiger partial charge in [0, 0.05) is 12.5 Å². The number of likely N-dealkylation sites (tertiary alicyclic amines) is 1. The number of ether oxygens (including phenoxy) is 1. The van der Waals surface area contributed by atoms with E-state index in [9.17, 15) is 19.2 Å². The number of rotatable bonds is 16. The van der Waals surface area contributed by atoms with E-state index >= 15 is 0 Å². The smallest absolute Gasteiger partial charge is 0.274 e. The van der Waals surface area contributed by atoms with E-state index in [4.69, 9.17) is 9.26 Å². The summed E-state index contributed by atoms with van der Waals surface area (Å²) in [4.78, 5) is 55.9. The van der Waals surface area contributed by atoms with Crippen LogP contribution in [0.25, 0.3) is 0 Å². The van der Waals surface area contributed by atoms with Gasteiger partial charge in [-0.3, -0.25) is 24.1 Å². The molecule has 4 atom stereocenters. The van der Waals surface area contributed by atoms with Crippen LogP contribution in [0.5, 0.6) is 0 Å². The fourth-order valence-electron chi connectivity index (χ4n) is 5.33. The van der Waals surface area contributed by atoms with Gasteiger partial charge < -0.3 is 25.2 Å². The minimum atomic E-state index is -0.959. The highest BCUT2D eigenvalue weighted by Gasteiger charge is 2.50. The largest absolute Gasteiger partial charge is 0.361 e. The predicted octanol–water partition coefficient (Wildman–Crippen LogP) is 2.40. The number of aromatic nitrogens is 1. The minimum absolute atomic E-state index is 0.119. The van der Waals surface area contributed by atoms with E-state index < -0.39 is 41.4 Å². The van der Waals surface area contributed by atoms with E-state index in [1.165, 1.54) is 0 Å². The Labute approximate surface area is 252 Å². The average molecular weight is 594 g/mol. The summed E-state index contributed by atoms with van der Waals surface area (Å²) in [6.07, 6.45) is 4.25. The Morgan fingerprint density at radius 3 is 2.28 bits per heavy atom. The first-order valence-corrected chi connectivity index (χ1v) is 15.4. The minimum Gasteiger partial charge on any atom is -0.361 e. The first-order valence-electron chi connectivity index (χ1n) is 15.4. The van der Waals surface area contributed by atoms with Gasteiger partial charge in [0.1, 0.15) is 17.7 Å². The number of nitrogens with one attached hydrogen (secondary N) is 3. The molecule has 0 spiro atoms. The molecule has 11 heteroatoms. The van der Waals surface area contributed by atoms with Gasteiger partial charge >= 0.3 is 0 Å². The molecule has 3 amide bonds. The molecule has 2 aliphatic heterocycles. The Balaban J connectivity index is 1.28. The topological polar surface area (TPSA) is 146 Å². The molecule has 3 fully saturated rings. The number of carbonyl (C=O) groups excluding carboxylic acids is 4. The van der Waals surface area contributed by atoms with Gasteiger partial charge in [-0.05, 0) is 56.7 Å². The number of carbonyl (C=O) groups is 4. The monoisotopic (exact) mass is 593 g/mol. The van der Waals surface area contributed by atoms with Crippen molar-refractivity contribution >= 4 is 23.5 Å². The van der Waals surface area contributed by atoms with E-state index in [0.717, 1.165) is 37.9 Å². The maximum Gasteiger partial charge on any atom is 0.274 e. The van der Waals surface area contributed by atoms with Gasteiger partial charge in [0.05, 0.1) is 19.2 Å². The average Bonchev–Trinajstić information content (AvgIpc) is 3.87. The summed E-state index contributed by atoms with van der Waals surface area (Å²) in [5.74, 6) is -0.496. The molecule has 1 unspecified atom stereocenters. The lowest BCUT2D eigenvalue weighted by Gasteiger charge is -2.29. The fraction of sp³-hybridized carbons (Fsp3) is 0.594. The second-order valence-corrected chi connectivity index (χ2v) is 12.8. The van der Waals surface area contributed by atoms with E-state index in [1.54, 1.807) is 13.0 Å². The van der Waals surface area contributed by atoms with Gasteiger partial charge in [-0.15, -0.1) is 0 Å². The molecule has 1 aromatic carbocycles. The maximum absolute atomic E-state index is 13.7. The van der Waals surface area contributed by atoms with Crippen LogP contribution in [-0.4, -0.2) is 77.0 Å². The quantitative estimate of drug-likeness (QED) is 0.252. The second-order valence-electron chi connectivity index (χ2n) is 12.8. The first kappa shape index (κ1) is 30.9. The van der Waals surface area contributed by atoms with Gasteiger partial charge in [0.25, 0.3) is 5.91 Å². The molecule has 1 saturated carbocycles. The zero-order valence-electron chi connectivity index (χ0n) is 25.3. The third-order valence-corrected chi connectivity index (χ3v) is 8.36. The zero-order valence-corrected chi connectivity index (χ0v) is 25.3. The third-order valence-electron chi connectivity index (χ3n) is 8.36. The van der Waals surface area contributed by atoms with Crippen molar-refractivity contribution in [1.82, 2.24) is 26.0 Å². The summed E-state index contributed by atoms with van der Waals surface area (Å²) in [5, 5.41) is 12.6. The predicted molar refractivity (Wildman–Crippen MR) is 158 cm³/mol. The van der Waals surface area contributed by atoms with Gasteiger partial charge in [0.15, 0.2) is 17.2 Å². The summed E-state index contributed by atoms with van der Waals surface area (Å²) in [6, 6.07) is 8.44. The van der Waals surface area contributed by atoms with Gasteiger partial charge in [0.2, 0.25) is 11.8 Å². The molecule has 3 N–H and O–H groups in total. The zero-order chi connectivity index (χ0) is 30.6. The van der Waals surface area contributed by atoms with E-state index in [2.05, 4.69) is 26.0 Å². The molecule has 43 heavy (non-hydrogen) atoms. The van der Waals surface area contributed by atoms with Crippen molar-refractivity contribution in [3.8, 4) is 0 Å². The van der Waals surface area contributed by atoms with Crippen LogP contribution in [0.2, 0.25) is 0 Å². The van der Waals surface area contributed by atoms with Crippen molar-refractivity contribution in [2.75, 3.05) is 19.7 Å². The number of nitrogens with zero attached hydrogens (tertiary/aromatic N) is 2. The van der Waals surface area contributed by atoms with E-state index in [0.29, 0.717) is 37.7 Å². The highest BCUT2D eigenvalue weighted by molar-refractivity contribution is 5.99. The van der Waals surface area contributed by atoms with Crippen LogP contribution in [-0.2, 0) is 32.1 Å². The Kier molecular flexibility index (Phi) is 9.61. The summed E-state index contributed by atoms with van der Waals surface area (Å²) in [7, 11) is 0. The van der Waals surface area contributed by atoms with Crippen LogP contribution in [0.1, 0.15) is 74.7 Å². The molecule has 1 aliphatic carbocycles. The Morgan fingerprint density at radius 2 is 1.67 bits per heavy atom. The number of epoxide rings is 1. The summed E-state index contributed by atoms with van der Waals surface area (Å²) < 4.78 is 10.7. The first-order chi connectivity index (χ1) is 20.6. The van der Waals surface area contributed by atoms with Crippen LogP contribution >= 0.6 is 0 Å². The Morgan fingerprint density at radius 1 is 1.00 bits per heavy atom. The molecule has 2 aromatic rings. The van der Waals surface area contributed by atoms with Crippen molar-refractivity contribution in [1.29, 1.82) is 0 Å². The van der Waals surface area contributed by atoms with Gasteiger partial charge in [-0.2, -0.15) is 0 Å². The summed E-state index contributed by atoms with van der Waals surface area (Å²) in [6.45, 7) is 8.60. The molecule has 0 bridgehead atoms. The van der Waals surface area contributed by atoms with Gasteiger partial charge in [-0.1, -0.05) is 62.2 Å². The lowest BCUT2D eigenvalue weighted by atomic mass is 9.93. The van der Waals surface area contributed by atoms with Gasteiger partial charge in [-0.25, -0.2) is 0 Å². The molecular formula is C32H43N5O6. The third kappa shape index (κ3) is 8.51. The standard InChI is InChI=1S/C32H43N5O6/c1-20(2)14-24(28(38)32(3)19-42-32)33-29(39)25(15-21-8-5-4-6-9-21)34-30(40)26(16-22-10-11-22)35-31(41)27-17-23(43-36-27)18-37-12-7-13-37/h4-6,8-9,17,20,22,24-26H,7,10-16,18-19H2,1-3H3,(H,33,39)(H,34,40)(H,35,41)/t24?,25-,26-,32+/m0/s1. The second kappa shape index (κ2) is 13.4. The molecule has 3 heterocycles. The van der Waals surface area contributed by atoms with Crippen LogP contribution in [0.15, 0.2) is 40.9 Å². The molecule has 11 nitrogen and oxygen atoms in total. The summed E-state index contributed by atoms with van der Waals surface area (Å²) in [5.41, 5.74) is 0.0850. The number of hydrogen-bond donors (Lipinski definition) is 3. The lowest BCUT2D eigenvalue weighted by molar-refractivity contribution is -0.133. The van der Waals surface area contributed by atoms with E-state index in [1.807, 2.05) is 44.2 Å². The fourth-order valence-corrected chi connectivity index (χ4v) is 5.33. The van der Waals surface area contributed by atoms with Crippen LogP contribution in [0, 0.1) is 11.8 Å². The molecule has 0 radical (unpaired) electrons. The van der Waals surface area contributed by atoms with E-state index in [-0.39, 0.29) is 23.8 Å². The van der Waals surface area contributed by atoms with Crippen molar-refractivity contribution in [3.05, 3.63) is 53.4 Å². The highest BCUT2D eigenvalue weighted by atomic mass is 16.6. The SMILES string of the molecule is CC(C)CC(NC(=O)[C@H](Cc1ccccc1)NC(=O)[C@H](CC1CC1)NC(=O)c1cc(CN2CCC2)on1)C(=O)[C@@]1(C)CO1. The Hall–Kier alpha value is -3.57. The number of ketones is 1. The molecule has 3 aliphatic rings. The number of Topliss-reactive ketones (excluding diaryl/α,β-unsaturated/α-hetero) is 1. The number of amides is 3. The number of benzene rings is 1. The van der Waals surface area contributed by atoms with Crippen LogP contribution in [0.4, 0.5) is 0 Å². The van der Waals surface area contributed by atoms with Crippen LogP contribution in [0.3, 0.4) is 0 Å². The van der Waals surface area contributed by atoms with Crippen molar-refractivity contribution in [2.24, 2.45) is 11.8 Å². The molecule has 1 aromatic heterocycles. The maximum atomic E-state index is 13.7.